The lowest BCUT2D eigenvalue weighted by Crippen LogP contribution is -2.51. The third kappa shape index (κ3) is 6.13. The molecule has 0 unspecified atom stereocenters. The van der Waals surface area contributed by atoms with E-state index < -0.39 is 9.84 Å². The van der Waals surface area contributed by atoms with Crippen LogP contribution in [0.4, 0.5) is 5.69 Å². The number of hydrogen-bond acceptors (Lipinski definition) is 7. The molecular formula is C22H33N3O6S. The molecule has 1 saturated heterocycles. The predicted molar refractivity (Wildman–Crippen MR) is 122 cm³/mol. The quantitative estimate of drug-likeness (QED) is 0.587. The standard InChI is InChI=1S/C22H33N3O6S/c1-4-16(3)25(18-8-11-32(28,29)15-18)22(27)14-24(5-2)13-21(26)23-17-6-7-19-20(12-17)31-10-9-30-19/h6-7,12,16,18H,4-5,8-11,13-15H2,1-3H3,(H,23,26)/t16-,18-/m1/s1. The molecule has 0 aromatic heterocycles. The molecule has 0 spiro atoms. The second kappa shape index (κ2) is 10.5. The summed E-state index contributed by atoms with van der Waals surface area (Å²) in [5.74, 6) is 0.985. The van der Waals surface area contributed by atoms with Crippen LogP contribution in [0.5, 0.6) is 11.5 Å². The molecule has 1 fully saturated rings. The average molecular weight is 468 g/mol. The summed E-state index contributed by atoms with van der Waals surface area (Å²) in [6.45, 7) is 7.39. The van der Waals surface area contributed by atoms with Crippen molar-refractivity contribution >= 4 is 27.3 Å². The molecule has 1 aromatic carbocycles. The Kier molecular flexibility index (Phi) is 8.00. The topological polar surface area (TPSA) is 105 Å². The van der Waals surface area contributed by atoms with Crippen molar-refractivity contribution in [1.29, 1.82) is 0 Å². The first-order valence-electron chi connectivity index (χ1n) is 11.2. The van der Waals surface area contributed by atoms with Gasteiger partial charge in [0, 0.05) is 23.8 Å². The summed E-state index contributed by atoms with van der Waals surface area (Å²) in [6, 6.07) is 4.86. The van der Waals surface area contributed by atoms with Gasteiger partial charge in [-0.15, -0.1) is 0 Å². The molecule has 2 aliphatic heterocycles. The first kappa shape index (κ1) is 24.3. The Balaban J connectivity index is 1.60. The van der Waals surface area contributed by atoms with Gasteiger partial charge in [0.15, 0.2) is 21.3 Å². The van der Waals surface area contributed by atoms with E-state index in [-0.39, 0.29) is 48.5 Å². The third-order valence-electron chi connectivity index (χ3n) is 5.95. The van der Waals surface area contributed by atoms with E-state index in [2.05, 4.69) is 5.32 Å². The summed E-state index contributed by atoms with van der Waals surface area (Å²) in [7, 11) is -3.10. The molecular weight excluding hydrogens is 434 g/mol. The van der Waals surface area contributed by atoms with Crippen molar-refractivity contribution in [3.63, 3.8) is 0 Å². The number of nitrogens with zero attached hydrogens (tertiary/aromatic N) is 2. The monoisotopic (exact) mass is 467 g/mol. The molecule has 178 valence electrons. The first-order chi connectivity index (χ1) is 15.2. The molecule has 32 heavy (non-hydrogen) atoms. The Hall–Kier alpha value is -2.33. The second-order valence-electron chi connectivity index (χ2n) is 8.33. The van der Waals surface area contributed by atoms with E-state index in [0.717, 1.165) is 6.42 Å². The zero-order valence-corrected chi connectivity index (χ0v) is 19.8. The highest BCUT2D eigenvalue weighted by Crippen LogP contribution is 2.32. The number of nitrogens with one attached hydrogen (secondary N) is 1. The second-order valence-corrected chi connectivity index (χ2v) is 10.6. The van der Waals surface area contributed by atoms with Gasteiger partial charge in [0.05, 0.1) is 24.6 Å². The molecule has 3 rings (SSSR count). The van der Waals surface area contributed by atoms with Crippen molar-refractivity contribution in [2.75, 3.05) is 49.7 Å². The van der Waals surface area contributed by atoms with E-state index in [1.165, 1.54) is 0 Å². The van der Waals surface area contributed by atoms with Crippen LogP contribution in [0.3, 0.4) is 0 Å². The number of carbonyl (C=O) groups is 2. The SMILES string of the molecule is CC[C@@H](C)N(C(=O)CN(CC)CC(=O)Nc1ccc2c(c1)OCCO2)[C@@H]1CCS(=O)(=O)C1. The van der Waals surface area contributed by atoms with E-state index in [1.54, 1.807) is 28.0 Å². The number of fused-ring (bicyclic) bond motifs is 1. The lowest BCUT2D eigenvalue weighted by atomic mass is 10.1. The van der Waals surface area contributed by atoms with Crippen LogP contribution in [0, 0.1) is 0 Å². The largest absolute Gasteiger partial charge is 0.486 e. The highest BCUT2D eigenvalue weighted by atomic mass is 32.2. The molecule has 0 saturated carbocycles. The number of likely N-dealkylation sites (N-methyl/N-ethyl adjacent to an activating group) is 1. The number of hydrogen-bond donors (Lipinski definition) is 1. The molecule has 2 amide bonds. The lowest BCUT2D eigenvalue weighted by Gasteiger charge is -2.35. The Labute approximate surface area is 190 Å². The molecule has 0 bridgehead atoms. The highest BCUT2D eigenvalue weighted by molar-refractivity contribution is 7.91. The van der Waals surface area contributed by atoms with E-state index in [0.29, 0.717) is 43.4 Å². The summed E-state index contributed by atoms with van der Waals surface area (Å²) in [5, 5.41) is 2.84. The average Bonchev–Trinajstić information content (AvgIpc) is 3.12. The van der Waals surface area contributed by atoms with Crippen molar-refractivity contribution in [2.45, 2.75) is 45.7 Å². The van der Waals surface area contributed by atoms with Crippen LogP contribution in [0.15, 0.2) is 18.2 Å². The Morgan fingerprint density at radius 3 is 2.50 bits per heavy atom. The van der Waals surface area contributed by atoms with Crippen molar-refractivity contribution in [3.05, 3.63) is 18.2 Å². The number of sulfone groups is 1. The molecule has 0 aliphatic carbocycles. The van der Waals surface area contributed by atoms with Crippen LogP contribution < -0.4 is 14.8 Å². The van der Waals surface area contributed by atoms with Crippen LogP contribution in [0.2, 0.25) is 0 Å². The number of benzene rings is 1. The first-order valence-corrected chi connectivity index (χ1v) is 13.0. The molecule has 1 aromatic rings. The summed E-state index contributed by atoms with van der Waals surface area (Å²) >= 11 is 0. The summed E-state index contributed by atoms with van der Waals surface area (Å²) in [4.78, 5) is 29.2. The molecule has 2 heterocycles. The van der Waals surface area contributed by atoms with Crippen molar-refractivity contribution in [1.82, 2.24) is 9.80 Å². The fourth-order valence-corrected chi connectivity index (χ4v) is 5.79. The maximum atomic E-state index is 13.1. The fourth-order valence-electron chi connectivity index (χ4n) is 4.08. The van der Waals surface area contributed by atoms with Gasteiger partial charge in [-0.25, -0.2) is 8.42 Å². The van der Waals surface area contributed by atoms with Crippen LogP contribution in [0.25, 0.3) is 0 Å². The Morgan fingerprint density at radius 1 is 1.16 bits per heavy atom. The van der Waals surface area contributed by atoms with Gasteiger partial charge in [-0.1, -0.05) is 13.8 Å². The van der Waals surface area contributed by atoms with E-state index in [4.69, 9.17) is 9.47 Å². The Morgan fingerprint density at radius 2 is 1.88 bits per heavy atom. The minimum atomic E-state index is -3.10. The maximum absolute atomic E-state index is 13.1. The van der Waals surface area contributed by atoms with Gasteiger partial charge >= 0.3 is 0 Å². The smallest absolute Gasteiger partial charge is 0.238 e. The predicted octanol–water partition coefficient (Wildman–Crippen LogP) is 1.53. The number of anilines is 1. The number of carbonyl (C=O) groups excluding carboxylic acids is 2. The van der Waals surface area contributed by atoms with Gasteiger partial charge in [0.1, 0.15) is 13.2 Å². The third-order valence-corrected chi connectivity index (χ3v) is 7.71. The minimum Gasteiger partial charge on any atom is -0.486 e. The molecule has 9 nitrogen and oxygen atoms in total. The van der Waals surface area contributed by atoms with Gasteiger partial charge in [-0.3, -0.25) is 14.5 Å². The van der Waals surface area contributed by atoms with Gasteiger partial charge in [-0.05, 0) is 38.4 Å². The lowest BCUT2D eigenvalue weighted by molar-refractivity contribution is -0.137. The number of rotatable bonds is 9. The van der Waals surface area contributed by atoms with Crippen molar-refractivity contribution in [3.8, 4) is 11.5 Å². The Bertz CT molecular complexity index is 936. The molecule has 0 radical (unpaired) electrons. The van der Waals surface area contributed by atoms with Gasteiger partial charge in [-0.2, -0.15) is 0 Å². The zero-order chi connectivity index (χ0) is 23.3. The minimum absolute atomic E-state index is 0.0137. The van der Waals surface area contributed by atoms with Crippen LogP contribution in [0.1, 0.15) is 33.6 Å². The van der Waals surface area contributed by atoms with E-state index in [9.17, 15) is 18.0 Å². The molecule has 2 aliphatic rings. The number of amides is 2. The van der Waals surface area contributed by atoms with Crippen LogP contribution in [-0.4, -0.2) is 86.5 Å². The van der Waals surface area contributed by atoms with Gasteiger partial charge in [0.2, 0.25) is 11.8 Å². The fraction of sp³-hybridized carbons (Fsp3) is 0.636. The number of ether oxygens (including phenoxy) is 2. The molecule has 2 atom stereocenters. The zero-order valence-electron chi connectivity index (χ0n) is 19.0. The van der Waals surface area contributed by atoms with Crippen LogP contribution >= 0.6 is 0 Å². The van der Waals surface area contributed by atoms with Crippen molar-refractivity contribution in [2.24, 2.45) is 0 Å². The normalized spacial score (nSPS) is 20.1. The van der Waals surface area contributed by atoms with Crippen molar-refractivity contribution < 1.29 is 27.5 Å². The van der Waals surface area contributed by atoms with E-state index in [1.807, 2.05) is 20.8 Å². The highest BCUT2D eigenvalue weighted by Gasteiger charge is 2.36. The van der Waals surface area contributed by atoms with Gasteiger partial charge in [0.25, 0.3) is 0 Å². The summed E-state index contributed by atoms with van der Waals surface area (Å²) in [6.07, 6.45) is 1.20. The molecule has 1 N–H and O–H groups in total. The van der Waals surface area contributed by atoms with E-state index >= 15 is 0 Å². The molecule has 10 heteroatoms. The summed E-state index contributed by atoms with van der Waals surface area (Å²) in [5.41, 5.74) is 0.596. The van der Waals surface area contributed by atoms with Crippen LogP contribution in [-0.2, 0) is 19.4 Å². The maximum Gasteiger partial charge on any atom is 0.238 e. The summed E-state index contributed by atoms with van der Waals surface area (Å²) < 4.78 is 34.9. The van der Waals surface area contributed by atoms with Gasteiger partial charge < -0.3 is 19.7 Å².